The number of ketones is 1. The quantitative estimate of drug-likeness (QED) is 0.458. The molecule has 0 unspecified atom stereocenters. The molecule has 0 bridgehead atoms. The summed E-state index contributed by atoms with van der Waals surface area (Å²) in [6.45, 7) is 10.2. The number of aromatic amines is 1. The van der Waals surface area contributed by atoms with Crippen LogP contribution < -0.4 is 5.32 Å². The van der Waals surface area contributed by atoms with Gasteiger partial charge in [-0.1, -0.05) is 25.1 Å². The molecule has 1 heterocycles. The molecule has 2 N–H and O–H groups in total. The first kappa shape index (κ1) is 23.3. The van der Waals surface area contributed by atoms with Crippen LogP contribution in [-0.4, -0.2) is 53.8 Å². The van der Waals surface area contributed by atoms with Gasteiger partial charge >= 0.3 is 5.97 Å². The Bertz CT molecular complexity index is 917. The second-order valence-electron chi connectivity index (χ2n) is 7.34. The van der Waals surface area contributed by atoms with Crippen molar-refractivity contribution in [1.82, 2.24) is 9.88 Å². The lowest BCUT2D eigenvalue weighted by atomic mass is 10.1. The van der Waals surface area contributed by atoms with Crippen molar-refractivity contribution in [2.75, 3.05) is 31.6 Å². The fourth-order valence-electron chi connectivity index (χ4n) is 3.46. The van der Waals surface area contributed by atoms with Crippen molar-refractivity contribution in [3.8, 4) is 0 Å². The highest BCUT2D eigenvalue weighted by Crippen LogP contribution is 2.20. The highest BCUT2D eigenvalue weighted by Gasteiger charge is 2.24. The first-order valence-corrected chi connectivity index (χ1v) is 10.3. The second-order valence-corrected chi connectivity index (χ2v) is 7.34. The van der Waals surface area contributed by atoms with E-state index in [4.69, 9.17) is 4.74 Å². The number of aromatic nitrogens is 1. The summed E-state index contributed by atoms with van der Waals surface area (Å²) in [4.78, 5) is 42.5. The van der Waals surface area contributed by atoms with Crippen LogP contribution in [-0.2, 0) is 9.53 Å². The van der Waals surface area contributed by atoms with E-state index in [1.54, 1.807) is 20.8 Å². The van der Waals surface area contributed by atoms with E-state index in [0.717, 1.165) is 17.7 Å². The largest absolute Gasteiger partial charge is 0.462 e. The summed E-state index contributed by atoms with van der Waals surface area (Å²) in [7, 11) is 0. The van der Waals surface area contributed by atoms with Crippen LogP contribution >= 0.6 is 0 Å². The van der Waals surface area contributed by atoms with Gasteiger partial charge in [0.05, 0.1) is 31.0 Å². The van der Waals surface area contributed by atoms with Crippen molar-refractivity contribution in [2.45, 2.75) is 41.0 Å². The summed E-state index contributed by atoms with van der Waals surface area (Å²) >= 11 is 0. The van der Waals surface area contributed by atoms with Crippen LogP contribution in [0.4, 0.5) is 5.69 Å². The number of hydrogen-bond acceptors (Lipinski definition) is 5. The van der Waals surface area contributed by atoms with Gasteiger partial charge in [0.15, 0.2) is 5.78 Å². The van der Waals surface area contributed by atoms with Crippen LogP contribution in [0.2, 0.25) is 0 Å². The smallest absolute Gasteiger partial charge is 0.340 e. The lowest BCUT2D eigenvalue weighted by Gasteiger charge is -2.20. The van der Waals surface area contributed by atoms with Crippen LogP contribution in [0.15, 0.2) is 24.3 Å². The van der Waals surface area contributed by atoms with Gasteiger partial charge < -0.3 is 15.0 Å². The van der Waals surface area contributed by atoms with Crippen molar-refractivity contribution >= 4 is 23.3 Å². The molecule has 7 heteroatoms. The maximum absolute atomic E-state index is 12.9. The minimum atomic E-state index is -0.439. The summed E-state index contributed by atoms with van der Waals surface area (Å²) < 4.78 is 5.09. The van der Waals surface area contributed by atoms with Gasteiger partial charge in [0.1, 0.15) is 0 Å². The number of esters is 1. The lowest BCUT2D eigenvalue weighted by molar-refractivity contribution is -0.117. The van der Waals surface area contributed by atoms with Gasteiger partial charge in [0.25, 0.3) is 0 Å². The first-order chi connectivity index (χ1) is 14.3. The van der Waals surface area contributed by atoms with Gasteiger partial charge in [-0.3, -0.25) is 14.5 Å². The molecule has 0 fully saturated rings. The Hall–Kier alpha value is -2.93. The summed E-state index contributed by atoms with van der Waals surface area (Å²) in [5.74, 6) is -0.772. The first-order valence-electron chi connectivity index (χ1n) is 10.3. The molecule has 7 nitrogen and oxygen atoms in total. The SMILES string of the molecule is CCCN(CC(=O)Nc1ccccc1C)CC(=O)c1[nH]c(C)c(C(=O)OCC)c1C. The van der Waals surface area contributed by atoms with Crippen LogP contribution in [0.1, 0.15) is 57.9 Å². The van der Waals surface area contributed by atoms with E-state index < -0.39 is 5.97 Å². The molecule has 0 spiro atoms. The van der Waals surface area contributed by atoms with Crippen LogP contribution in [0.3, 0.4) is 0 Å². The summed E-state index contributed by atoms with van der Waals surface area (Å²) in [6.07, 6.45) is 0.807. The molecule has 30 heavy (non-hydrogen) atoms. The van der Waals surface area contributed by atoms with E-state index in [-0.39, 0.29) is 31.4 Å². The van der Waals surface area contributed by atoms with E-state index >= 15 is 0 Å². The standard InChI is InChI=1S/C23H31N3O4/c1-6-12-26(14-20(28)25-18-11-9-8-10-15(18)3)13-19(27)22-16(4)21(17(5)24-22)23(29)30-7-2/h8-11,24H,6-7,12-14H2,1-5H3,(H,25,28). The molecule has 1 aromatic heterocycles. The lowest BCUT2D eigenvalue weighted by Crippen LogP contribution is -2.37. The number of hydrogen-bond donors (Lipinski definition) is 2. The van der Waals surface area contributed by atoms with E-state index in [1.165, 1.54) is 0 Å². The second kappa shape index (κ2) is 10.7. The number of carbonyl (C=O) groups is 3. The van der Waals surface area contributed by atoms with Crippen molar-refractivity contribution in [1.29, 1.82) is 0 Å². The monoisotopic (exact) mass is 413 g/mol. The van der Waals surface area contributed by atoms with E-state index in [9.17, 15) is 14.4 Å². The predicted octanol–water partition coefficient (Wildman–Crippen LogP) is 3.65. The Morgan fingerprint density at radius 3 is 2.40 bits per heavy atom. The number of amides is 1. The Labute approximate surface area is 177 Å². The van der Waals surface area contributed by atoms with Crippen LogP contribution in [0.5, 0.6) is 0 Å². The predicted molar refractivity (Wildman–Crippen MR) is 117 cm³/mol. The number of aryl methyl sites for hydroxylation is 2. The van der Waals surface area contributed by atoms with E-state index in [2.05, 4.69) is 10.3 Å². The number of anilines is 1. The van der Waals surface area contributed by atoms with Crippen LogP contribution in [0, 0.1) is 20.8 Å². The average molecular weight is 414 g/mol. The number of Topliss-reactive ketones (excluding diaryl/α,β-unsaturated/α-hetero) is 1. The third-order valence-electron chi connectivity index (χ3n) is 4.89. The Kier molecular flexibility index (Phi) is 8.35. The third kappa shape index (κ3) is 5.79. The Balaban J connectivity index is 2.10. The van der Waals surface area contributed by atoms with Gasteiger partial charge in [0, 0.05) is 11.4 Å². The van der Waals surface area contributed by atoms with E-state index in [0.29, 0.717) is 29.1 Å². The average Bonchev–Trinajstić information content (AvgIpc) is 2.98. The zero-order valence-corrected chi connectivity index (χ0v) is 18.4. The number of carbonyl (C=O) groups excluding carboxylic acids is 3. The number of ether oxygens (including phenoxy) is 1. The van der Waals surface area contributed by atoms with E-state index in [1.807, 2.05) is 43.0 Å². The van der Waals surface area contributed by atoms with Gasteiger partial charge in [-0.15, -0.1) is 0 Å². The molecule has 1 aromatic carbocycles. The minimum Gasteiger partial charge on any atom is -0.462 e. The number of nitrogens with one attached hydrogen (secondary N) is 2. The number of H-pyrrole nitrogens is 1. The molecular weight excluding hydrogens is 382 g/mol. The molecule has 2 rings (SSSR count). The molecule has 0 aliphatic carbocycles. The number of para-hydroxylation sites is 1. The summed E-state index contributed by atoms with van der Waals surface area (Å²) in [5, 5.41) is 2.90. The molecule has 0 saturated heterocycles. The molecule has 0 radical (unpaired) electrons. The molecule has 162 valence electrons. The van der Waals surface area contributed by atoms with Crippen molar-refractivity contribution in [3.05, 3.63) is 52.3 Å². The molecule has 2 aromatic rings. The molecular formula is C23H31N3O4. The zero-order valence-electron chi connectivity index (χ0n) is 18.4. The zero-order chi connectivity index (χ0) is 22.3. The summed E-state index contributed by atoms with van der Waals surface area (Å²) in [6, 6.07) is 7.57. The third-order valence-corrected chi connectivity index (χ3v) is 4.89. The topological polar surface area (TPSA) is 91.5 Å². The molecule has 0 aliphatic rings. The Morgan fingerprint density at radius 2 is 1.77 bits per heavy atom. The maximum Gasteiger partial charge on any atom is 0.340 e. The van der Waals surface area contributed by atoms with Gasteiger partial charge in [-0.25, -0.2) is 4.79 Å². The fourth-order valence-corrected chi connectivity index (χ4v) is 3.46. The highest BCUT2D eigenvalue weighted by atomic mass is 16.5. The van der Waals surface area contributed by atoms with Gasteiger partial charge in [0.2, 0.25) is 5.91 Å². The number of rotatable bonds is 10. The van der Waals surface area contributed by atoms with Crippen molar-refractivity contribution in [2.24, 2.45) is 0 Å². The molecule has 0 aliphatic heterocycles. The summed E-state index contributed by atoms with van der Waals surface area (Å²) in [5.41, 5.74) is 3.72. The number of nitrogens with zero attached hydrogens (tertiary/aromatic N) is 1. The minimum absolute atomic E-state index is 0.0814. The van der Waals surface area contributed by atoms with Crippen molar-refractivity contribution < 1.29 is 19.1 Å². The number of benzene rings is 1. The molecule has 1 amide bonds. The molecule has 0 atom stereocenters. The van der Waals surface area contributed by atoms with Gasteiger partial charge in [-0.05, 0) is 57.9 Å². The molecule has 0 saturated carbocycles. The van der Waals surface area contributed by atoms with Gasteiger partial charge in [-0.2, -0.15) is 0 Å². The maximum atomic E-state index is 12.9. The Morgan fingerprint density at radius 1 is 1.07 bits per heavy atom. The normalized spacial score (nSPS) is 10.9. The fraction of sp³-hybridized carbons (Fsp3) is 0.435. The highest BCUT2D eigenvalue weighted by molar-refractivity contribution is 6.02. The van der Waals surface area contributed by atoms with Crippen LogP contribution in [0.25, 0.3) is 0 Å². The van der Waals surface area contributed by atoms with Crippen molar-refractivity contribution in [3.63, 3.8) is 0 Å².